The van der Waals surface area contributed by atoms with Gasteiger partial charge in [-0.25, -0.2) is 13.2 Å². The van der Waals surface area contributed by atoms with Crippen LogP contribution in [-0.2, 0) is 6.42 Å². The largest absolute Gasteiger partial charge is 0.485 e. The first-order valence-electron chi connectivity index (χ1n) is 4.97. The molecule has 0 amide bonds. The van der Waals surface area contributed by atoms with Crippen LogP contribution in [0.15, 0.2) is 12.1 Å². The summed E-state index contributed by atoms with van der Waals surface area (Å²) in [5, 5.41) is 0. The fraction of sp³-hybridized carbons (Fsp3) is 0.455. The van der Waals surface area contributed by atoms with Gasteiger partial charge >= 0.3 is 0 Å². The first-order chi connectivity index (χ1) is 7.54. The van der Waals surface area contributed by atoms with Crippen LogP contribution in [0.25, 0.3) is 0 Å². The third kappa shape index (κ3) is 3.41. The summed E-state index contributed by atoms with van der Waals surface area (Å²) in [4.78, 5) is 0. The molecule has 0 aliphatic rings. The fourth-order valence-electron chi connectivity index (χ4n) is 1.38. The lowest BCUT2D eigenvalue weighted by atomic mass is 10.1. The minimum absolute atomic E-state index is 0.184. The molecule has 1 aromatic carbocycles. The predicted molar refractivity (Wildman–Crippen MR) is 55.2 cm³/mol. The van der Waals surface area contributed by atoms with E-state index in [1.165, 1.54) is 0 Å². The molecule has 1 aromatic rings. The number of halogens is 3. The Bertz CT molecular complexity index is 332. The van der Waals surface area contributed by atoms with Crippen LogP contribution >= 0.6 is 0 Å². The molecular formula is C11H14F3NO. The lowest BCUT2D eigenvalue weighted by Crippen LogP contribution is -2.18. The predicted octanol–water partition coefficient (Wildman–Crippen LogP) is 2.20. The summed E-state index contributed by atoms with van der Waals surface area (Å²) >= 11 is 0. The molecule has 90 valence electrons. The third-order valence-corrected chi connectivity index (χ3v) is 1.94. The zero-order valence-corrected chi connectivity index (χ0v) is 8.97. The molecular weight excluding hydrogens is 219 g/mol. The van der Waals surface area contributed by atoms with Gasteiger partial charge in [0.1, 0.15) is 13.3 Å². The van der Waals surface area contributed by atoms with Crippen molar-refractivity contribution in [3.63, 3.8) is 0 Å². The number of ether oxygens (including phenoxy) is 1. The quantitative estimate of drug-likeness (QED) is 0.846. The maximum absolute atomic E-state index is 13.4. The minimum atomic E-state index is -0.830. The van der Waals surface area contributed by atoms with Gasteiger partial charge in [0.15, 0.2) is 17.4 Å². The average molecular weight is 233 g/mol. The van der Waals surface area contributed by atoms with Crippen LogP contribution in [0.1, 0.15) is 12.5 Å². The van der Waals surface area contributed by atoms with Crippen molar-refractivity contribution in [1.29, 1.82) is 0 Å². The third-order valence-electron chi connectivity index (χ3n) is 1.94. The molecule has 2 N–H and O–H groups in total. The van der Waals surface area contributed by atoms with E-state index in [1.54, 1.807) is 6.92 Å². The van der Waals surface area contributed by atoms with Gasteiger partial charge in [0, 0.05) is 6.04 Å². The molecule has 0 radical (unpaired) electrons. The monoisotopic (exact) mass is 233 g/mol. The SMILES string of the molecule is CC(N)Cc1cc(F)c(OCCF)c(F)c1. The Kier molecular flexibility index (Phi) is 4.61. The van der Waals surface area contributed by atoms with Crippen LogP contribution in [0.4, 0.5) is 13.2 Å². The molecule has 1 unspecified atom stereocenters. The van der Waals surface area contributed by atoms with Crippen molar-refractivity contribution >= 4 is 0 Å². The molecule has 16 heavy (non-hydrogen) atoms. The van der Waals surface area contributed by atoms with Gasteiger partial charge in [-0.1, -0.05) is 0 Å². The van der Waals surface area contributed by atoms with E-state index in [1.807, 2.05) is 0 Å². The highest BCUT2D eigenvalue weighted by molar-refractivity contribution is 5.31. The molecule has 1 atom stereocenters. The molecule has 2 nitrogen and oxygen atoms in total. The Hall–Kier alpha value is -1.23. The number of rotatable bonds is 5. The van der Waals surface area contributed by atoms with Crippen LogP contribution < -0.4 is 10.5 Å². The van der Waals surface area contributed by atoms with Gasteiger partial charge in [-0.05, 0) is 31.0 Å². The molecule has 0 fully saturated rings. The summed E-state index contributed by atoms with van der Waals surface area (Å²) in [6, 6.07) is 2.12. The number of alkyl halides is 1. The molecule has 1 rings (SSSR count). The van der Waals surface area contributed by atoms with Crippen LogP contribution in [0.3, 0.4) is 0 Å². The second kappa shape index (κ2) is 5.75. The number of hydrogen-bond acceptors (Lipinski definition) is 2. The molecule has 0 aromatic heterocycles. The summed E-state index contributed by atoms with van der Waals surface area (Å²) in [5.74, 6) is -2.20. The highest BCUT2D eigenvalue weighted by Gasteiger charge is 2.13. The molecule has 0 aliphatic carbocycles. The Morgan fingerprint density at radius 1 is 1.31 bits per heavy atom. The van der Waals surface area contributed by atoms with Gasteiger partial charge in [-0.15, -0.1) is 0 Å². The molecule has 0 bridgehead atoms. The summed E-state index contributed by atoms with van der Waals surface area (Å²) in [5.41, 5.74) is 5.97. The van der Waals surface area contributed by atoms with E-state index in [0.717, 1.165) is 12.1 Å². The van der Waals surface area contributed by atoms with Crippen LogP contribution in [0, 0.1) is 11.6 Å². The lowest BCUT2D eigenvalue weighted by Gasteiger charge is -2.10. The number of nitrogens with two attached hydrogens (primary N) is 1. The molecule has 0 saturated carbocycles. The van der Waals surface area contributed by atoms with Gasteiger partial charge in [-0.2, -0.15) is 0 Å². The molecule has 0 heterocycles. The topological polar surface area (TPSA) is 35.2 Å². The van der Waals surface area contributed by atoms with E-state index in [-0.39, 0.29) is 12.6 Å². The molecule has 5 heteroatoms. The highest BCUT2D eigenvalue weighted by atomic mass is 19.1. The van der Waals surface area contributed by atoms with Gasteiger partial charge in [-0.3, -0.25) is 0 Å². The van der Waals surface area contributed by atoms with Gasteiger partial charge in [0.05, 0.1) is 0 Å². The molecule has 0 aliphatic heterocycles. The van der Waals surface area contributed by atoms with Crippen LogP contribution in [0.5, 0.6) is 5.75 Å². The summed E-state index contributed by atoms with van der Waals surface area (Å²) < 4.78 is 43.1. The van der Waals surface area contributed by atoms with Crippen molar-refractivity contribution in [2.24, 2.45) is 5.73 Å². The standard InChI is InChI=1S/C11H14F3NO/c1-7(15)4-8-5-9(13)11(10(14)6-8)16-3-2-12/h5-7H,2-4,15H2,1H3. The summed E-state index contributed by atoms with van der Waals surface area (Å²) in [6.45, 7) is 0.588. The van der Waals surface area contributed by atoms with Gasteiger partial charge < -0.3 is 10.5 Å². The fourth-order valence-corrected chi connectivity index (χ4v) is 1.38. The summed E-state index contributed by atoms with van der Waals surface area (Å²) in [6.07, 6.45) is 0.372. The second-order valence-corrected chi connectivity index (χ2v) is 3.61. The first kappa shape index (κ1) is 12.8. The maximum atomic E-state index is 13.4. The smallest absolute Gasteiger partial charge is 0.190 e. The lowest BCUT2D eigenvalue weighted by molar-refractivity contribution is 0.251. The van der Waals surface area contributed by atoms with E-state index < -0.39 is 24.1 Å². The van der Waals surface area contributed by atoms with Crippen molar-refractivity contribution in [1.82, 2.24) is 0 Å². The number of benzene rings is 1. The molecule has 0 saturated heterocycles. The average Bonchev–Trinajstić information content (AvgIpc) is 2.15. The summed E-state index contributed by atoms with van der Waals surface area (Å²) in [7, 11) is 0. The first-order valence-corrected chi connectivity index (χ1v) is 4.97. The van der Waals surface area contributed by atoms with E-state index in [0.29, 0.717) is 12.0 Å². The van der Waals surface area contributed by atoms with E-state index in [2.05, 4.69) is 4.74 Å². The molecule has 0 spiro atoms. The van der Waals surface area contributed by atoms with Crippen molar-refractivity contribution in [3.05, 3.63) is 29.3 Å². The Morgan fingerprint density at radius 2 is 1.88 bits per heavy atom. The van der Waals surface area contributed by atoms with E-state index >= 15 is 0 Å². The normalized spacial score (nSPS) is 12.6. The maximum Gasteiger partial charge on any atom is 0.190 e. The van der Waals surface area contributed by atoms with E-state index in [4.69, 9.17) is 5.73 Å². The van der Waals surface area contributed by atoms with Crippen molar-refractivity contribution in [3.8, 4) is 5.75 Å². The van der Waals surface area contributed by atoms with Gasteiger partial charge in [0.25, 0.3) is 0 Å². The van der Waals surface area contributed by atoms with Crippen LogP contribution in [-0.4, -0.2) is 19.3 Å². The Morgan fingerprint density at radius 3 is 2.31 bits per heavy atom. The van der Waals surface area contributed by atoms with Crippen molar-refractivity contribution < 1.29 is 17.9 Å². The zero-order valence-electron chi connectivity index (χ0n) is 8.97. The van der Waals surface area contributed by atoms with Gasteiger partial charge in [0.2, 0.25) is 0 Å². The van der Waals surface area contributed by atoms with E-state index in [9.17, 15) is 13.2 Å². The highest BCUT2D eigenvalue weighted by Crippen LogP contribution is 2.23. The van der Waals surface area contributed by atoms with Crippen molar-refractivity contribution in [2.75, 3.05) is 13.3 Å². The Labute approximate surface area is 92.2 Å². The van der Waals surface area contributed by atoms with Crippen molar-refractivity contribution in [2.45, 2.75) is 19.4 Å². The Balaban J connectivity index is 2.89. The zero-order chi connectivity index (χ0) is 12.1. The van der Waals surface area contributed by atoms with Crippen LogP contribution in [0.2, 0.25) is 0 Å². The number of hydrogen-bond donors (Lipinski definition) is 1. The second-order valence-electron chi connectivity index (χ2n) is 3.61. The minimum Gasteiger partial charge on any atom is -0.485 e.